The first-order valence-electron chi connectivity index (χ1n) is 8.50. The fraction of sp³-hybridized carbons (Fsp3) is 0.529. The Labute approximate surface area is 157 Å². The Hall–Kier alpha value is -2.35. The van der Waals surface area contributed by atoms with Crippen molar-refractivity contribution in [1.82, 2.24) is 24.9 Å². The largest absolute Gasteiger partial charge is 0.350 e. The van der Waals surface area contributed by atoms with Gasteiger partial charge in [-0.2, -0.15) is 10.2 Å². The zero-order chi connectivity index (χ0) is 19.4. The first-order chi connectivity index (χ1) is 12.2. The van der Waals surface area contributed by atoms with E-state index in [4.69, 9.17) is 11.6 Å². The summed E-state index contributed by atoms with van der Waals surface area (Å²) in [5.74, 6) is -0.156. The normalized spacial score (nSPS) is 11.0. The third-order valence-electron chi connectivity index (χ3n) is 3.94. The smallest absolute Gasteiger partial charge is 0.271 e. The van der Waals surface area contributed by atoms with Gasteiger partial charge in [0.25, 0.3) is 5.91 Å². The number of aryl methyl sites for hydroxylation is 3. The van der Waals surface area contributed by atoms with Crippen LogP contribution in [0.1, 0.15) is 42.1 Å². The van der Waals surface area contributed by atoms with E-state index in [-0.39, 0.29) is 18.2 Å². The van der Waals surface area contributed by atoms with Crippen molar-refractivity contribution in [3.8, 4) is 0 Å². The van der Waals surface area contributed by atoms with Gasteiger partial charge in [0.05, 0.1) is 34.8 Å². The second-order valence-corrected chi connectivity index (χ2v) is 7.02. The lowest BCUT2D eigenvalue weighted by atomic mass is 10.2. The van der Waals surface area contributed by atoms with Crippen LogP contribution in [-0.4, -0.2) is 37.9 Å². The third kappa shape index (κ3) is 4.63. The highest BCUT2D eigenvalue weighted by Crippen LogP contribution is 2.19. The maximum absolute atomic E-state index is 12.3. The summed E-state index contributed by atoms with van der Waals surface area (Å²) in [6.07, 6.45) is 1.68. The summed E-state index contributed by atoms with van der Waals surface area (Å²) in [6.45, 7) is 8.66. The quantitative estimate of drug-likeness (QED) is 0.770. The van der Waals surface area contributed by atoms with Crippen LogP contribution in [0.3, 0.4) is 0 Å². The molecule has 0 radical (unpaired) electrons. The van der Waals surface area contributed by atoms with Gasteiger partial charge in [-0.1, -0.05) is 25.4 Å². The summed E-state index contributed by atoms with van der Waals surface area (Å²) >= 11 is 6.11. The lowest BCUT2D eigenvalue weighted by molar-refractivity contribution is -0.116. The summed E-state index contributed by atoms with van der Waals surface area (Å²) < 4.78 is 3.16. The van der Waals surface area contributed by atoms with E-state index >= 15 is 0 Å². The third-order valence-corrected chi connectivity index (χ3v) is 4.49. The lowest BCUT2D eigenvalue weighted by Crippen LogP contribution is -2.30. The summed E-state index contributed by atoms with van der Waals surface area (Å²) in [6, 6.07) is 0. The molecule has 0 atom stereocenters. The summed E-state index contributed by atoms with van der Waals surface area (Å²) in [5.41, 5.74) is 2.28. The molecular formula is C17H25ClN6O2. The van der Waals surface area contributed by atoms with Gasteiger partial charge >= 0.3 is 0 Å². The number of nitrogens with zero attached hydrogens (tertiary/aromatic N) is 4. The first-order valence-corrected chi connectivity index (χ1v) is 8.88. The molecule has 8 nitrogen and oxygen atoms in total. The number of halogens is 1. The number of hydrogen-bond donors (Lipinski definition) is 2. The molecule has 0 fully saturated rings. The second-order valence-electron chi connectivity index (χ2n) is 6.64. The van der Waals surface area contributed by atoms with Gasteiger partial charge < -0.3 is 10.6 Å². The molecule has 0 saturated carbocycles. The molecule has 0 aliphatic rings. The standard InChI is InChI=1S/C17H25ClN6O2/c1-10(2)8-19-17(26)16-13(9-20-23(16)5)21-14(25)6-7-24-12(4)15(18)11(3)22-24/h9-10H,6-8H2,1-5H3,(H,19,26)(H,21,25). The summed E-state index contributed by atoms with van der Waals surface area (Å²) in [4.78, 5) is 24.6. The van der Waals surface area contributed by atoms with Gasteiger partial charge in [-0.05, 0) is 19.8 Å². The molecule has 142 valence electrons. The van der Waals surface area contributed by atoms with E-state index in [2.05, 4.69) is 20.8 Å². The Morgan fingerprint density at radius 3 is 2.58 bits per heavy atom. The van der Waals surface area contributed by atoms with Crippen LogP contribution in [0.4, 0.5) is 5.69 Å². The summed E-state index contributed by atoms with van der Waals surface area (Å²) in [5, 5.41) is 14.6. The zero-order valence-electron chi connectivity index (χ0n) is 15.8. The Morgan fingerprint density at radius 1 is 1.31 bits per heavy atom. The minimum Gasteiger partial charge on any atom is -0.350 e. The average Bonchev–Trinajstić information content (AvgIpc) is 3.05. The molecule has 2 N–H and O–H groups in total. The maximum Gasteiger partial charge on any atom is 0.271 e. The molecule has 0 bridgehead atoms. The van der Waals surface area contributed by atoms with Crippen molar-refractivity contribution in [2.24, 2.45) is 13.0 Å². The van der Waals surface area contributed by atoms with Gasteiger partial charge in [-0.15, -0.1) is 0 Å². The number of aromatic nitrogens is 4. The molecule has 0 aliphatic heterocycles. The van der Waals surface area contributed by atoms with Crippen molar-refractivity contribution in [2.45, 2.75) is 40.7 Å². The van der Waals surface area contributed by atoms with Crippen molar-refractivity contribution < 1.29 is 9.59 Å². The highest BCUT2D eigenvalue weighted by molar-refractivity contribution is 6.31. The predicted octanol–water partition coefficient (Wildman–Crippen LogP) is 2.30. The number of amides is 2. The number of nitrogens with one attached hydrogen (secondary N) is 2. The maximum atomic E-state index is 12.3. The van der Waals surface area contributed by atoms with Crippen LogP contribution in [0.25, 0.3) is 0 Å². The van der Waals surface area contributed by atoms with E-state index in [0.29, 0.717) is 35.4 Å². The number of carbonyl (C=O) groups is 2. The minimum absolute atomic E-state index is 0.209. The molecule has 9 heteroatoms. The molecule has 0 unspecified atom stereocenters. The fourth-order valence-corrected chi connectivity index (χ4v) is 2.63. The van der Waals surface area contributed by atoms with E-state index in [1.807, 2.05) is 27.7 Å². The van der Waals surface area contributed by atoms with E-state index < -0.39 is 0 Å². The minimum atomic E-state index is -0.265. The lowest BCUT2D eigenvalue weighted by Gasteiger charge is -2.10. The second kappa shape index (κ2) is 8.35. The molecule has 2 heterocycles. The molecule has 2 aromatic heterocycles. The molecular weight excluding hydrogens is 356 g/mol. The van der Waals surface area contributed by atoms with Gasteiger partial charge in [0, 0.05) is 20.0 Å². The number of hydrogen-bond acceptors (Lipinski definition) is 4. The van der Waals surface area contributed by atoms with Gasteiger partial charge in [-0.25, -0.2) is 0 Å². The van der Waals surface area contributed by atoms with Gasteiger partial charge in [0.2, 0.25) is 5.91 Å². The molecule has 0 aromatic carbocycles. The SMILES string of the molecule is Cc1nn(CCC(=O)Nc2cnn(C)c2C(=O)NCC(C)C)c(C)c1Cl. The van der Waals surface area contributed by atoms with Crippen LogP contribution in [0.2, 0.25) is 5.02 Å². The average molecular weight is 381 g/mol. The molecule has 0 spiro atoms. The van der Waals surface area contributed by atoms with Crippen molar-refractivity contribution in [2.75, 3.05) is 11.9 Å². The molecule has 2 rings (SSSR count). The fourth-order valence-electron chi connectivity index (χ4n) is 2.49. The van der Waals surface area contributed by atoms with Crippen LogP contribution in [-0.2, 0) is 18.4 Å². The molecule has 2 aromatic rings. The highest BCUT2D eigenvalue weighted by atomic mass is 35.5. The Kier molecular flexibility index (Phi) is 6.42. The van der Waals surface area contributed by atoms with Gasteiger partial charge in [-0.3, -0.25) is 19.0 Å². The predicted molar refractivity (Wildman–Crippen MR) is 100 cm³/mol. The first kappa shape index (κ1) is 20.0. The van der Waals surface area contributed by atoms with Crippen LogP contribution in [0, 0.1) is 19.8 Å². The van der Waals surface area contributed by atoms with E-state index in [9.17, 15) is 9.59 Å². The van der Waals surface area contributed by atoms with Crippen LogP contribution in [0.5, 0.6) is 0 Å². The van der Waals surface area contributed by atoms with Crippen LogP contribution in [0.15, 0.2) is 6.20 Å². The Morgan fingerprint density at radius 2 is 2.00 bits per heavy atom. The van der Waals surface area contributed by atoms with E-state index in [1.165, 1.54) is 10.9 Å². The van der Waals surface area contributed by atoms with Gasteiger partial charge in [0.1, 0.15) is 5.69 Å². The van der Waals surface area contributed by atoms with Crippen molar-refractivity contribution in [3.63, 3.8) is 0 Å². The zero-order valence-corrected chi connectivity index (χ0v) is 16.5. The number of carbonyl (C=O) groups excluding carboxylic acids is 2. The van der Waals surface area contributed by atoms with Crippen molar-refractivity contribution >= 4 is 29.1 Å². The topological polar surface area (TPSA) is 93.8 Å². The Bertz CT molecular complexity index is 809. The van der Waals surface area contributed by atoms with Gasteiger partial charge in [0.15, 0.2) is 0 Å². The van der Waals surface area contributed by atoms with Crippen molar-refractivity contribution in [1.29, 1.82) is 0 Å². The molecule has 26 heavy (non-hydrogen) atoms. The molecule has 2 amide bonds. The molecule has 0 aliphatic carbocycles. The monoisotopic (exact) mass is 380 g/mol. The van der Waals surface area contributed by atoms with E-state index in [1.54, 1.807) is 11.7 Å². The molecule has 0 saturated heterocycles. The van der Waals surface area contributed by atoms with Crippen molar-refractivity contribution in [3.05, 3.63) is 28.3 Å². The van der Waals surface area contributed by atoms with Crippen LogP contribution < -0.4 is 10.6 Å². The number of rotatable bonds is 7. The Balaban J connectivity index is 2.01. The summed E-state index contributed by atoms with van der Waals surface area (Å²) in [7, 11) is 1.66. The van der Waals surface area contributed by atoms with Crippen LogP contribution >= 0.6 is 11.6 Å². The highest BCUT2D eigenvalue weighted by Gasteiger charge is 2.19. The van der Waals surface area contributed by atoms with E-state index in [0.717, 1.165) is 11.4 Å². The number of anilines is 1.